The van der Waals surface area contributed by atoms with Crippen molar-refractivity contribution in [2.75, 3.05) is 13.1 Å². The van der Waals surface area contributed by atoms with E-state index in [1.165, 1.54) is 18.4 Å². The maximum absolute atomic E-state index is 11.5. The fourth-order valence-electron chi connectivity index (χ4n) is 8.18. The number of nitrogens with two attached hydrogens (primary N) is 1. The van der Waals surface area contributed by atoms with Crippen LogP contribution in [0, 0.1) is 47.3 Å². The minimum Gasteiger partial charge on any atom is -0.387 e. The lowest BCUT2D eigenvalue weighted by atomic mass is 9.56. The van der Waals surface area contributed by atoms with Crippen LogP contribution in [0.25, 0.3) is 0 Å². The van der Waals surface area contributed by atoms with Gasteiger partial charge in [0.05, 0.1) is 12.1 Å². The molecule has 0 spiro atoms. The second kappa shape index (κ2) is 4.79. The summed E-state index contributed by atoms with van der Waals surface area (Å²) in [5.74, 6) is 6.67. The number of guanidine groups is 1. The number of aliphatic imine (C=N–C) groups is 1. The number of benzene rings is 1. The molecule has 1 aromatic rings. The van der Waals surface area contributed by atoms with Gasteiger partial charge in [-0.15, -0.1) is 0 Å². The molecule has 0 aliphatic heterocycles. The van der Waals surface area contributed by atoms with Crippen LogP contribution in [0.2, 0.25) is 0 Å². The van der Waals surface area contributed by atoms with Gasteiger partial charge in [-0.1, -0.05) is 30.3 Å². The predicted octanol–water partition coefficient (Wildman–Crippen LogP) is 1.64. The Morgan fingerprint density at radius 3 is 2.68 bits per heavy atom. The summed E-state index contributed by atoms with van der Waals surface area (Å²) in [5, 5.41) is 14.7. The summed E-state index contributed by atoms with van der Waals surface area (Å²) in [7, 11) is 0. The average Bonchev–Trinajstić information content (AvgIpc) is 3.13. The van der Waals surface area contributed by atoms with Crippen LogP contribution < -0.4 is 11.1 Å². The number of hydrogen-bond donors (Lipinski definition) is 3. The number of nitrogens with one attached hydrogen (secondary N) is 1. The first-order valence-electron chi connectivity index (χ1n) is 9.98. The summed E-state index contributed by atoms with van der Waals surface area (Å²) >= 11 is 0. The van der Waals surface area contributed by atoms with Gasteiger partial charge in [-0.3, -0.25) is 4.99 Å². The van der Waals surface area contributed by atoms with Gasteiger partial charge in [0.1, 0.15) is 0 Å². The molecule has 4 nitrogen and oxygen atoms in total. The van der Waals surface area contributed by atoms with Crippen LogP contribution in [0.4, 0.5) is 0 Å². The second-order valence-corrected chi connectivity index (χ2v) is 9.19. The summed E-state index contributed by atoms with van der Waals surface area (Å²) in [6, 6.07) is 10.4. The molecule has 9 atom stereocenters. The Balaban J connectivity index is 1.11. The Labute approximate surface area is 148 Å². The highest BCUT2D eigenvalue weighted by atomic mass is 16.3. The van der Waals surface area contributed by atoms with E-state index in [-0.39, 0.29) is 0 Å². The number of rotatable bonds is 5. The van der Waals surface area contributed by atoms with Crippen molar-refractivity contribution in [3.05, 3.63) is 35.9 Å². The molecule has 5 fully saturated rings. The van der Waals surface area contributed by atoms with Crippen LogP contribution in [-0.4, -0.2) is 29.8 Å². The third-order valence-electron chi connectivity index (χ3n) is 8.58. The van der Waals surface area contributed by atoms with Crippen molar-refractivity contribution in [3.8, 4) is 0 Å². The molecular formula is C21H27N3O. The minimum atomic E-state index is -0.559. The monoisotopic (exact) mass is 337 g/mol. The number of aliphatic hydroxyl groups is 1. The van der Waals surface area contributed by atoms with Gasteiger partial charge in [0.2, 0.25) is 0 Å². The van der Waals surface area contributed by atoms with E-state index in [2.05, 4.69) is 34.6 Å². The third-order valence-corrected chi connectivity index (χ3v) is 8.58. The molecule has 25 heavy (non-hydrogen) atoms. The van der Waals surface area contributed by atoms with Crippen molar-refractivity contribution >= 4 is 5.96 Å². The van der Waals surface area contributed by atoms with Gasteiger partial charge in [0.15, 0.2) is 5.96 Å². The molecule has 6 rings (SSSR count). The molecule has 132 valence electrons. The highest BCUT2D eigenvalue weighted by Gasteiger charge is 2.84. The molecule has 0 saturated heterocycles. The van der Waals surface area contributed by atoms with E-state index in [0.717, 1.165) is 48.5 Å². The molecule has 5 saturated carbocycles. The highest BCUT2D eigenvalue weighted by Crippen LogP contribution is 2.85. The van der Waals surface area contributed by atoms with Gasteiger partial charge < -0.3 is 16.2 Å². The molecule has 2 bridgehead atoms. The molecule has 4 heteroatoms. The summed E-state index contributed by atoms with van der Waals surface area (Å²) < 4.78 is 0. The zero-order chi connectivity index (χ0) is 16.8. The van der Waals surface area contributed by atoms with E-state index >= 15 is 0 Å². The van der Waals surface area contributed by atoms with Gasteiger partial charge in [-0.25, -0.2) is 0 Å². The van der Waals surface area contributed by atoms with Crippen LogP contribution in [0.3, 0.4) is 0 Å². The Kier molecular flexibility index (Phi) is 2.80. The van der Waals surface area contributed by atoms with Crippen molar-refractivity contribution in [3.63, 3.8) is 0 Å². The van der Waals surface area contributed by atoms with Gasteiger partial charge >= 0.3 is 0 Å². The molecule has 0 aromatic heterocycles. The van der Waals surface area contributed by atoms with Gasteiger partial charge in [0.25, 0.3) is 0 Å². The summed E-state index contributed by atoms with van der Waals surface area (Å²) in [5.41, 5.74) is 6.83. The summed E-state index contributed by atoms with van der Waals surface area (Å²) in [4.78, 5) is 4.59. The van der Waals surface area contributed by atoms with Crippen molar-refractivity contribution in [1.82, 2.24) is 5.32 Å². The van der Waals surface area contributed by atoms with E-state index in [4.69, 9.17) is 5.73 Å². The van der Waals surface area contributed by atoms with Gasteiger partial charge in [-0.2, -0.15) is 0 Å². The topological polar surface area (TPSA) is 70.6 Å². The molecule has 1 aromatic carbocycles. The molecule has 0 heterocycles. The maximum atomic E-state index is 11.5. The van der Waals surface area contributed by atoms with Crippen molar-refractivity contribution in [2.45, 2.75) is 24.9 Å². The standard InChI is InChI=1S/C21H27N3O/c22-20(23-7-6-11-4-2-1-3-5-11)24-10-21(25)18-13-9-14-16-12(13)8-15(18)17(16)19(14)21/h1-5,12-19,25H,6-10H2,(H3,22,23,24). The lowest BCUT2D eigenvalue weighted by Crippen LogP contribution is -2.56. The fraction of sp³-hybridized carbons (Fsp3) is 0.667. The van der Waals surface area contributed by atoms with Crippen molar-refractivity contribution in [1.29, 1.82) is 0 Å². The zero-order valence-electron chi connectivity index (χ0n) is 14.5. The summed E-state index contributed by atoms with van der Waals surface area (Å²) in [6.45, 7) is 1.29. The normalized spacial score (nSPS) is 50.5. The average molecular weight is 337 g/mol. The Bertz CT molecular complexity index is 728. The maximum Gasteiger partial charge on any atom is 0.188 e. The van der Waals surface area contributed by atoms with E-state index < -0.39 is 5.60 Å². The third kappa shape index (κ3) is 1.69. The van der Waals surface area contributed by atoms with Crippen LogP contribution in [0.5, 0.6) is 0 Å². The van der Waals surface area contributed by atoms with Crippen molar-refractivity contribution < 1.29 is 5.11 Å². The SMILES string of the molecule is NC(=NCC1(O)C2C3CC4C5C3CC2C5C41)NCCc1ccccc1. The van der Waals surface area contributed by atoms with Gasteiger partial charge in [0, 0.05) is 6.54 Å². The van der Waals surface area contributed by atoms with E-state index in [1.807, 2.05) is 6.07 Å². The molecule has 9 unspecified atom stereocenters. The smallest absolute Gasteiger partial charge is 0.188 e. The molecule has 5 aliphatic rings. The first kappa shape index (κ1) is 14.6. The quantitative estimate of drug-likeness (QED) is 0.565. The predicted molar refractivity (Wildman–Crippen MR) is 96.7 cm³/mol. The summed E-state index contributed by atoms with van der Waals surface area (Å²) in [6.07, 6.45) is 3.73. The number of fused-ring (bicyclic) bond motifs is 2. The zero-order valence-corrected chi connectivity index (χ0v) is 14.5. The lowest BCUT2D eigenvalue weighted by molar-refractivity contribution is -0.123. The molecule has 4 N–H and O–H groups in total. The first-order chi connectivity index (χ1) is 12.2. The number of hydrogen-bond acceptors (Lipinski definition) is 2. The van der Waals surface area contributed by atoms with E-state index in [0.29, 0.717) is 24.3 Å². The Morgan fingerprint density at radius 1 is 1.08 bits per heavy atom. The van der Waals surface area contributed by atoms with E-state index in [1.54, 1.807) is 0 Å². The molecular weight excluding hydrogens is 310 g/mol. The molecule has 0 radical (unpaired) electrons. The first-order valence-corrected chi connectivity index (χ1v) is 9.98. The van der Waals surface area contributed by atoms with Crippen LogP contribution in [0.1, 0.15) is 18.4 Å². The largest absolute Gasteiger partial charge is 0.387 e. The van der Waals surface area contributed by atoms with Crippen LogP contribution in [-0.2, 0) is 6.42 Å². The fourth-order valence-corrected chi connectivity index (χ4v) is 8.18. The molecule has 0 amide bonds. The Hall–Kier alpha value is -1.55. The lowest BCUT2D eigenvalue weighted by Gasteiger charge is -2.51. The van der Waals surface area contributed by atoms with E-state index in [9.17, 15) is 5.11 Å². The van der Waals surface area contributed by atoms with Gasteiger partial charge in [-0.05, 0) is 72.2 Å². The molecule has 5 aliphatic carbocycles. The van der Waals surface area contributed by atoms with Crippen LogP contribution >= 0.6 is 0 Å². The van der Waals surface area contributed by atoms with Crippen LogP contribution in [0.15, 0.2) is 35.3 Å². The van der Waals surface area contributed by atoms with Crippen molar-refractivity contribution in [2.24, 2.45) is 58.1 Å². The minimum absolute atomic E-state index is 0.489. The Morgan fingerprint density at radius 2 is 1.84 bits per heavy atom. The number of nitrogens with zero attached hydrogens (tertiary/aromatic N) is 1. The second-order valence-electron chi connectivity index (χ2n) is 9.19. The highest BCUT2D eigenvalue weighted by molar-refractivity contribution is 5.77.